The summed E-state index contributed by atoms with van der Waals surface area (Å²) in [6.45, 7) is 5.71. The van der Waals surface area contributed by atoms with E-state index in [4.69, 9.17) is 0 Å². The van der Waals surface area contributed by atoms with Crippen molar-refractivity contribution < 1.29 is 13.6 Å². The summed E-state index contributed by atoms with van der Waals surface area (Å²) in [5.74, 6) is 0.404. The van der Waals surface area contributed by atoms with Crippen LogP contribution in [-0.2, 0) is 20.1 Å². The van der Waals surface area contributed by atoms with Gasteiger partial charge in [0, 0.05) is 51.9 Å². The minimum Gasteiger partial charge on any atom is -0.336 e. The van der Waals surface area contributed by atoms with Gasteiger partial charge in [0.1, 0.15) is 5.82 Å². The zero-order valence-electron chi connectivity index (χ0n) is 20.7. The highest BCUT2D eigenvalue weighted by molar-refractivity contribution is 5.94. The first-order valence-corrected chi connectivity index (χ1v) is 12.0. The Balaban J connectivity index is 1.51. The standard InChI is InChI=1S/C25H30F2N6O3/c1-4-32-22-21(24(35)33(5-2)25(32)36)29(3)20(28-22)11-8-17-6-9-18(10-7-17)23(34)31-14-12-30(13-15-31)16-19(26)27/h6-11,19H,4-5,12-16H2,1-3H3. The zero-order valence-corrected chi connectivity index (χ0v) is 20.7. The molecule has 11 heteroatoms. The number of fused-ring (bicyclic) bond motifs is 1. The van der Waals surface area contributed by atoms with Crippen LogP contribution in [-0.4, -0.2) is 73.5 Å². The number of piperazine rings is 1. The van der Waals surface area contributed by atoms with Crippen LogP contribution in [0, 0.1) is 0 Å². The molecule has 1 amide bonds. The molecular formula is C25H30F2N6O3. The molecule has 0 unspecified atom stereocenters. The Kier molecular flexibility index (Phi) is 7.48. The van der Waals surface area contributed by atoms with E-state index in [0.717, 1.165) is 5.56 Å². The van der Waals surface area contributed by atoms with Crippen molar-refractivity contribution in [2.75, 3.05) is 32.7 Å². The molecule has 0 radical (unpaired) electrons. The first-order valence-electron chi connectivity index (χ1n) is 12.0. The average molecular weight is 501 g/mol. The molecule has 1 fully saturated rings. The molecule has 9 nitrogen and oxygen atoms in total. The average Bonchev–Trinajstić information content (AvgIpc) is 3.19. The summed E-state index contributed by atoms with van der Waals surface area (Å²) in [7, 11) is 1.74. The molecule has 192 valence electrons. The Morgan fingerprint density at radius 2 is 1.64 bits per heavy atom. The van der Waals surface area contributed by atoms with E-state index in [0.29, 0.717) is 55.3 Å². The lowest BCUT2D eigenvalue weighted by atomic mass is 10.1. The predicted octanol–water partition coefficient (Wildman–Crippen LogP) is 2.13. The van der Waals surface area contributed by atoms with E-state index < -0.39 is 6.43 Å². The molecule has 0 aliphatic carbocycles. The third kappa shape index (κ3) is 4.88. The van der Waals surface area contributed by atoms with Crippen LogP contribution in [0.25, 0.3) is 23.3 Å². The summed E-state index contributed by atoms with van der Waals surface area (Å²) >= 11 is 0. The number of nitrogens with zero attached hydrogens (tertiary/aromatic N) is 6. The summed E-state index contributed by atoms with van der Waals surface area (Å²) in [6.07, 6.45) is 1.22. The highest BCUT2D eigenvalue weighted by Gasteiger charge is 2.23. The van der Waals surface area contributed by atoms with Gasteiger partial charge in [-0.05, 0) is 37.6 Å². The van der Waals surface area contributed by atoms with Gasteiger partial charge in [-0.1, -0.05) is 18.2 Å². The third-order valence-corrected chi connectivity index (χ3v) is 6.55. The molecular weight excluding hydrogens is 470 g/mol. The first kappa shape index (κ1) is 25.5. The highest BCUT2D eigenvalue weighted by atomic mass is 19.3. The van der Waals surface area contributed by atoms with Gasteiger partial charge in [0.25, 0.3) is 17.9 Å². The molecule has 0 spiro atoms. The van der Waals surface area contributed by atoms with E-state index in [-0.39, 0.29) is 30.2 Å². The maximum absolute atomic E-state index is 12.8. The van der Waals surface area contributed by atoms with Crippen molar-refractivity contribution in [1.29, 1.82) is 0 Å². The van der Waals surface area contributed by atoms with Crippen LogP contribution in [0.2, 0.25) is 0 Å². The quantitative estimate of drug-likeness (QED) is 0.496. The Morgan fingerprint density at radius 1 is 1.00 bits per heavy atom. The monoisotopic (exact) mass is 500 g/mol. The third-order valence-electron chi connectivity index (χ3n) is 6.55. The predicted molar refractivity (Wildman–Crippen MR) is 134 cm³/mol. The lowest BCUT2D eigenvalue weighted by Gasteiger charge is -2.34. The summed E-state index contributed by atoms with van der Waals surface area (Å²) in [4.78, 5) is 46.2. The number of imidazole rings is 1. The number of halogens is 2. The van der Waals surface area contributed by atoms with Crippen molar-refractivity contribution >= 4 is 29.2 Å². The molecule has 0 atom stereocenters. The van der Waals surface area contributed by atoms with Gasteiger partial charge in [-0.15, -0.1) is 0 Å². The Hall–Kier alpha value is -3.60. The van der Waals surface area contributed by atoms with Crippen molar-refractivity contribution in [1.82, 2.24) is 28.5 Å². The molecule has 3 heterocycles. The van der Waals surface area contributed by atoms with Crippen LogP contribution in [0.5, 0.6) is 0 Å². The van der Waals surface area contributed by atoms with Gasteiger partial charge >= 0.3 is 5.69 Å². The number of aryl methyl sites for hydroxylation is 2. The second-order valence-electron chi connectivity index (χ2n) is 8.72. The Bertz CT molecular complexity index is 1400. The van der Waals surface area contributed by atoms with E-state index in [1.807, 2.05) is 25.1 Å². The topological polar surface area (TPSA) is 85.4 Å². The molecule has 1 aromatic carbocycles. The van der Waals surface area contributed by atoms with Crippen LogP contribution in [0.3, 0.4) is 0 Å². The Labute approximate surface area is 206 Å². The second-order valence-corrected chi connectivity index (χ2v) is 8.72. The molecule has 1 aliphatic heterocycles. The molecule has 36 heavy (non-hydrogen) atoms. The van der Waals surface area contributed by atoms with Crippen molar-refractivity contribution in [3.63, 3.8) is 0 Å². The van der Waals surface area contributed by atoms with E-state index in [9.17, 15) is 23.2 Å². The van der Waals surface area contributed by atoms with Gasteiger partial charge in [-0.3, -0.25) is 23.6 Å². The fourth-order valence-electron chi connectivity index (χ4n) is 4.51. The number of carbonyl (C=O) groups is 1. The maximum atomic E-state index is 12.8. The van der Waals surface area contributed by atoms with Crippen LogP contribution in [0.4, 0.5) is 8.78 Å². The Morgan fingerprint density at radius 3 is 2.22 bits per heavy atom. The number of benzene rings is 1. The van der Waals surface area contributed by atoms with E-state index in [1.165, 1.54) is 9.13 Å². The summed E-state index contributed by atoms with van der Waals surface area (Å²) < 4.78 is 29.5. The summed E-state index contributed by atoms with van der Waals surface area (Å²) in [5, 5.41) is 0. The number of rotatable bonds is 7. The zero-order chi connectivity index (χ0) is 26.0. The van der Waals surface area contributed by atoms with Gasteiger partial charge in [0.2, 0.25) is 0 Å². The number of hydrogen-bond donors (Lipinski definition) is 0. The fourth-order valence-corrected chi connectivity index (χ4v) is 4.51. The summed E-state index contributed by atoms with van der Waals surface area (Å²) in [6, 6.07) is 7.09. The van der Waals surface area contributed by atoms with Gasteiger partial charge in [-0.25, -0.2) is 18.6 Å². The van der Waals surface area contributed by atoms with Crippen molar-refractivity contribution in [3.8, 4) is 0 Å². The molecule has 2 aromatic heterocycles. The molecule has 0 N–H and O–H groups in total. The second kappa shape index (κ2) is 10.6. The first-order chi connectivity index (χ1) is 17.2. The molecule has 0 bridgehead atoms. The summed E-state index contributed by atoms with van der Waals surface area (Å²) in [5.41, 5.74) is 1.35. The van der Waals surface area contributed by atoms with Crippen molar-refractivity contribution in [3.05, 3.63) is 62.1 Å². The minimum atomic E-state index is -2.37. The lowest BCUT2D eigenvalue weighted by Crippen LogP contribution is -2.49. The van der Waals surface area contributed by atoms with E-state index >= 15 is 0 Å². The normalized spacial score (nSPS) is 15.0. The SMILES string of the molecule is CCn1c(=O)c2c(nc(C=Cc3ccc(C(=O)N4CCN(CC(F)F)CC4)cc3)n2C)n(CC)c1=O. The largest absolute Gasteiger partial charge is 0.336 e. The molecule has 1 aliphatic rings. The van der Waals surface area contributed by atoms with Gasteiger partial charge < -0.3 is 9.47 Å². The molecule has 4 rings (SSSR count). The van der Waals surface area contributed by atoms with E-state index in [1.54, 1.807) is 46.5 Å². The molecule has 0 saturated carbocycles. The van der Waals surface area contributed by atoms with Crippen LogP contribution < -0.4 is 11.2 Å². The number of aromatic nitrogens is 4. The number of amides is 1. The van der Waals surface area contributed by atoms with Gasteiger partial charge in [0.05, 0.1) is 6.54 Å². The minimum absolute atomic E-state index is 0.123. The van der Waals surface area contributed by atoms with Crippen LogP contribution >= 0.6 is 0 Å². The van der Waals surface area contributed by atoms with Crippen LogP contribution in [0.1, 0.15) is 35.6 Å². The molecule has 3 aromatic rings. The number of alkyl halides is 2. The fraction of sp³-hybridized carbons (Fsp3) is 0.440. The number of carbonyl (C=O) groups excluding carboxylic acids is 1. The van der Waals surface area contributed by atoms with Gasteiger partial charge in [-0.2, -0.15) is 0 Å². The van der Waals surface area contributed by atoms with E-state index in [2.05, 4.69) is 4.98 Å². The molecule has 1 saturated heterocycles. The smallest absolute Gasteiger partial charge is 0.332 e. The van der Waals surface area contributed by atoms with Crippen molar-refractivity contribution in [2.24, 2.45) is 7.05 Å². The van der Waals surface area contributed by atoms with Gasteiger partial charge in [0.15, 0.2) is 11.2 Å². The lowest BCUT2D eigenvalue weighted by molar-refractivity contribution is 0.0459. The van der Waals surface area contributed by atoms with Crippen LogP contribution in [0.15, 0.2) is 33.9 Å². The highest BCUT2D eigenvalue weighted by Crippen LogP contribution is 2.15. The maximum Gasteiger partial charge on any atom is 0.332 e. The number of hydrogen-bond acceptors (Lipinski definition) is 5. The van der Waals surface area contributed by atoms with Crippen molar-refractivity contribution in [2.45, 2.75) is 33.4 Å².